The third kappa shape index (κ3) is 3.10. The number of hydrogen-bond acceptors (Lipinski definition) is 2. The van der Waals surface area contributed by atoms with Gasteiger partial charge in [0.1, 0.15) is 0 Å². The lowest BCUT2D eigenvalue weighted by molar-refractivity contribution is 0.171. The summed E-state index contributed by atoms with van der Waals surface area (Å²) in [7, 11) is 0. The average Bonchev–Trinajstić information content (AvgIpc) is 2.50. The maximum atomic E-state index is 2.44. The monoisotopic (exact) mass is 232 g/mol. The highest BCUT2D eigenvalue weighted by Crippen LogP contribution is 2.45. The van der Waals surface area contributed by atoms with Crippen LogP contribution >= 0.6 is 23.5 Å². The molecular formula is C12H24S2. The SMILES string of the molecule is CSCC(C)C1CSCC1C(C)(C)C. The standard InChI is InChI=1S/C12H24S2/c1-9(6-13-5)10-7-14-8-11(10)12(2,3)4/h9-11H,6-8H2,1-5H3. The van der Waals surface area contributed by atoms with Crippen LogP contribution in [0, 0.1) is 23.2 Å². The van der Waals surface area contributed by atoms with Crippen LogP contribution in [-0.4, -0.2) is 23.5 Å². The first-order valence-electron chi connectivity index (χ1n) is 5.53. The van der Waals surface area contributed by atoms with E-state index in [-0.39, 0.29) is 0 Å². The largest absolute Gasteiger partial charge is 0.165 e. The van der Waals surface area contributed by atoms with Gasteiger partial charge in [-0.3, -0.25) is 0 Å². The Morgan fingerprint density at radius 3 is 2.50 bits per heavy atom. The fourth-order valence-corrected chi connectivity index (χ4v) is 5.15. The summed E-state index contributed by atoms with van der Waals surface area (Å²) in [6, 6.07) is 0. The molecule has 1 aliphatic heterocycles. The van der Waals surface area contributed by atoms with Gasteiger partial charge in [-0.2, -0.15) is 23.5 Å². The number of rotatable bonds is 3. The van der Waals surface area contributed by atoms with Gasteiger partial charge >= 0.3 is 0 Å². The molecule has 84 valence electrons. The summed E-state index contributed by atoms with van der Waals surface area (Å²) in [6.45, 7) is 9.65. The summed E-state index contributed by atoms with van der Waals surface area (Å²) in [4.78, 5) is 0. The van der Waals surface area contributed by atoms with E-state index >= 15 is 0 Å². The van der Waals surface area contributed by atoms with Crippen LogP contribution in [0.5, 0.6) is 0 Å². The lowest BCUT2D eigenvalue weighted by atomic mass is 9.71. The number of thioether (sulfide) groups is 2. The zero-order valence-electron chi connectivity index (χ0n) is 10.2. The first-order valence-corrected chi connectivity index (χ1v) is 8.08. The fraction of sp³-hybridized carbons (Fsp3) is 1.00. The van der Waals surface area contributed by atoms with Crippen LogP contribution in [-0.2, 0) is 0 Å². The predicted octanol–water partition coefficient (Wildman–Crippen LogP) is 4.01. The first-order chi connectivity index (χ1) is 6.46. The van der Waals surface area contributed by atoms with Crippen molar-refractivity contribution in [3.05, 3.63) is 0 Å². The molecule has 14 heavy (non-hydrogen) atoms. The van der Waals surface area contributed by atoms with E-state index < -0.39 is 0 Å². The second kappa shape index (κ2) is 5.16. The van der Waals surface area contributed by atoms with Gasteiger partial charge in [-0.15, -0.1) is 0 Å². The smallest absolute Gasteiger partial charge is 0.00310 e. The highest BCUT2D eigenvalue weighted by atomic mass is 32.2. The second-order valence-electron chi connectivity index (χ2n) is 5.61. The summed E-state index contributed by atoms with van der Waals surface area (Å²) in [5, 5.41) is 0. The van der Waals surface area contributed by atoms with Gasteiger partial charge in [-0.1, -0.05) is 27.7 Å². The maximum Gasteiger partial charge on any atom is -0.00310 e. The van der Waals surface area contributed by atoms with Crippen molar-refractivity contribution in [1.82, 2.24) is 0 Å². The van der Waals surface area contributed by atoms with Gasteiger partial charge < -0.3 is 0 Å². The molecule has 0 bridgehead atoms. The van der Waals surface area contributed by atoms with E-state index in [1.165, 1.54) is 17.3 Å². The van der Waals surface area contributed by atoms with Crippen LogP contribution < -0.4 is 0 Å². The van der Waals surface area contributed by atoms with Crippen LogP contribution in [0.4, 0.5) is 0 Å². The molecule has 0 radical (unpaired) electrons. The van der Waals surface area contributed by atoms with Gasteiger partial charge in [0.05, 0.1) is 0 Å². The second-order valence-corrected chi connectivity index (χ2v) is 7.59. The Hall–Kier alpha value is 0.700. The predicted molar refractivity (Wildman–Crippen MR) is 71.3 cm³/mol. The summed E-state index contributed by atoms with van der Waals surface area (Å²) >= 11 is 4.16. The molecule has 0 aliphatic carbocycles. The minimum atomic E-state index is 0.501. The van der Waals surface area contributed by atoms with E-state index in [0.717, 1.165) is 17.8 Å². The Labute approximate surface area is 98.0 Å². The molecule has 0 aromatic rings. The molecule has 0 N–H and O–H groups in total. The molecule has 3 unspecified atom stereocenters. The topological polar surface area (TPSA) is 0 Å². The first kappa shape index (κ1) is 12.8. The molecule has 1 aliphatic rings. The van der Waals surface area contributed by atoms with Crippen LogP contribution in [0.1, 0.15) is 27.7 Å². The van der Waals surface area contributed by atoms with E-state index in [0.29, 0.717) is 5.41 Å². The molecule has 1 saturated heterocycles. The molecule has 1 heterocycles. The van der Waals surface area contributed by atoms with Gasteiger partial charge in [0, 0.05) is 0 Å². The quantitative estimate of drug-likeness (QED) is 0.721. The molecule has 1 fully saturated rings. The molecule has 0 aromatic heterocycles. The van der Waals surface area contributed by atoms with Gasteiger partial charge in [0.25, 0.3) is 0 Å². The minimum absolute atomic E-state index is 0.501. The highest BCUT2D eigenvalue weighted by Gasteiger charge is 2.38. The van der Waals surface area contributed by atoms with Crippen LogP contribution in [0.25, 0.3) is 0 Å². The van der Waals surface area contributed by atoms with Crippen LogP contribution in [0.3, 0.4) is 0 Å². The van der Waals surface area contributed by atoms with E-state index in [1.54, 1.807) is 0 Å². The molecule has 0 spiro atoms. The summed E-state index contributed by atoms with van der Waals surface area (Å²) in [6.07, 6.45) is 2.23. The molecule has 0 saturated carbocycles. The van der Waals surface area contributed by atoms with Crippen molar-refractivity contribution in [1.29, 1.82) is 0 Å². The van der Waals surface area contributed by atoms with Crippen LogP contribution in [0.2, 0.25) is 0 Å². The third-order valence-corrected chi connectivity index (χ3v) is 5.47. The Kier molecular flexibility index (Phi) is 4.70. The molecule has 1 rings (SSSR count). The van der Waals surface area contributed by atoms with Crippen molar-refractivity contribution >= 4 is 23.5 Å². The van der Waals surface area contributed by atoms with Crippen molar-refractivity contribution in [2.24, 2.45) is 23.2 Å². The fourth-order valence-electron chi connectivity index (χ4n) is 2.41. The van der Waals surface area contributed by atoms with Crippen molar-refractivity contribution in [2.75, 3.05) is 23.5 Å². The van der Waals surface area contributed by atoms with Crippen molar-refractivity contribution in [3.8, 4) is 0 Å². The highest BCUT2D eigenvalue weighted by molar-refractivity contribution is 7.99. The molecule has 0 amide bonds. The van der Waals surface area contributed by atoms with Crippen molar-refractivity contribution in [2.45, 2.75) is 27.7 Å². The van der Waals surface area contributed by atoms with Crippen molar-refractivity contribution < 1.29 is 0 Å². The van der Waals surface area contributed by atoms with Crippen molar-refractivity contribution in [3.63, 3.8) is 0 Å². The lowest BCUT2D eigenvalue weighted by Gasteiger charge is -2.34. The molecule has 0 aromatic carbocycles. The Morgan fingerprint density at radius 1 is 1.36 bits per heavy atom. The van der Waals surface area contributed by atoms with E-state index in [9.17, 15) is 0 Å². The molecule has 0 nitrogen and oxygen atoms in total. The minimum Gasteiger partial charge on any atom is -0.165 e. The van der Waals surface area contributed by atoms with Gasteiger partial charge in [0.15, 0.2) is 0 Å². The lowest BCUT2D eigenvalue weighted by Crippen LogP contribution is -2.31. The Morgan fingerprint density at radius 2 is 2.00 bits per heavy atom. The summed E-state index contributed by atoms with van der Waals surface area (Å²) in [5.41, 5.74) is 0.501. The summed E-state index contributed by atoms with van der Waals surface area (Å²) < 4.78 is 0. The third-order valence-electron chi connectivity index (χ3n) is 3.40. The molecule has 3 atom stereocenters. The normalized spacial score (nSPS) is 30.6. The molecular weight excluding hydrogens is 208 g/mol. The maximum absolute atomic E-state index is 2.44. The zero-order valence-corrected chi connectivity index (χ0v) is 11.8. The number of hydrogen-bond donors (Lipinski definition) is 0. The van der Waals surface area contributed by atoms with Gasteiger partial charge in [-0.25, -0.2) is 0 Å². The Bertz CT molecular complexity index is 172. The van der Waals surface area contributed by atoms with Crippen LogP contribution in [0.15, 0.2) is 0 Å². The zero-order chi connectivity index (χ0) is 10.8. The van der Waals surface area contributed by atoms with Gasteiger partial charge in [0.2, 0.25) is 0 Å². The average molecular weight is 232 g/mol. The van der Waals surface area contributed by atoms with E-state index in [2.05, 4.69) is 45.7 Å². The summed E-state index contributed by atoms with van der Waals surface area (Å²) in [5.74, 6) is 6.88. The van der Waals surface area contributed by atoms with E-state index in [1.807, 2.05) is 11.8 Å². The van der Waals surface area contributed by atoms with Gasteiger partial charge in [-0.05, 0) is 46.7 Å². The molecule has 2 heteroatoms. The Balaban J connectivity index is 2.59. The van der Waals surface area contributed by atoms with E-state index in [4.69, 9.17) is 0 Å².